The molecule has 8 nitrogen and oxygen atoms in total. The molecule has 1 fully saturated rings. The van der Waals surface area contributed by atoms with E-state index in [-0.39, 0.29) is 39.6 Å². The van der Waals surface area contributed by atoms with Gasteiger partial charge in [-0.3, -0.25) is 9.78 Å². The SMILES string of the molecule is C[C@@H]1C[C@@H](C(=O)NCc2cc(-c3cnc(C(F)(F)F)nc3)ncc2CC(F)(F)F)N(S(=O)(=O)c2ccc(F)cc2)[C@H]1C. The van der Waals surface area contributed by atoms with Gasteiger partial charge >= 0.3 is 12.4 Å². The Balaban J connectivity index is 1.61. The first-order valence-electron chi connectivity index (χ1n) is 12.5. The number of sulfonamides is 1. The molecule has 42 heavy (non-hydrogen) atoms. The molecule has 3 heterocycles. The molecule has 1 saturated heterocycles. The van der Waals surface area contributed by atoms with Gasteiger partial charge in [-0.15, -0.1) is 0 Å². The Labute approximate surface area is 236 Å². The average Bonchev–Trinajstić information content (AvgIpc) is 3.21. The van der Waals surface area contributed by atoms with Crippen LogP contribution in [0, 0.1) is 11.7 Å². The van der Waals surface area contributed by atoms with Crippen molar-refractivity contribution in [2.75, 3.05) is 0 Å². The molecule has 16 heteroatoms. The summed E-state index contributed by atoms with van der Waals surface area (Å²) in [4.78, 5) is 23.4. The van der Waals surface area contributed by atoms with Crippen molar-refractivity contribution in [2.24, 2.45) is 5.92 Å². The van der Waals surface area contributed by atoms with E-state index < -0.39 is 65.0 Å². The standard InChI is InChI=1S/C26H24F7N5O3S/c1-14-7-22(38(15(14)2)42(40,41)20-5-3-19(27)4-6-20)23(39)35-10-16-8-21(34-11-17(16)9-25(28,29)30)18-12-36-24(37-13-18)26(31,32)33/h3-6,8,11-15,22H,7,9-10H2,1-2H3,(H,35,39)/t14-,15+,22+/m1/s1. The molecule has 0 unspecified atom stereocenters. The normalized spacial score (nSPS) is 20.1. The Hall–Kier alpha value is -3.66. The largest absolute Gasteiger partial charge is 0.451 e. The van der Waals surface area contributed by atoms with Crippen LogP contribution in [0.2, 0.25) is 0 Å². The van der Waals surface area contributed by atoms with Gasteiger partial charge in [-0.2, -0.15) is 30.6 Å². The number of pyridine rings is 1. The van der Waals surface area contributed by atoms with E-state index in [1.807, 2.05) is 0 Å². The number of rotatable bonds is 7. The molecule has 0 aliphatic carbocycles. The van der Waals surface area contributed by atoms with Crippen LogP contribution in [-0.2, 0) is 34.0 Å². The van der Waals surface area contributed by atoms with Crippen LogP contribution in [0.15, 0.2) is 53.8 Å². The van der Waals surface area contributed by atoms with Gasteiger partial charge < -0.3 is 5.32 Å². The number of nitrogens with one attached hydrogen (secondary N) is 1. The molecule has 4 rings (SSSR count). The Kier molecular flexibility index (Phi) is 8.60. The van der Waals surface area contributed by atoms with Gasteiger partial charge in [-0.1, -0.05) is 6.92 Å². The minimum Gasteiger partial charge on any atom is -0.351 e. The highest BCUT2D eigenvalue weighted by atomic mass is 32.2. The van der Waals surface area contributed by atoms with Gasteiger partial charge in [0.05, 0.1) is 17.0 Å². The van der Waals surface area contributed by atoms with Crippen LogP contribution in [0.1, 0.15) is 37.2 Å². The molecular weight excluding hydrogens is 595 g/mol. The number of nitrogens with zero attached hydrogens (tertiary/aromatic N) is 4. The lowest BCUT2D eigenvalue weighted by Crippen LogP contribution is -2.48. The van der Waals surface area contributed by atoms with Gasteiger partial charge in [0.1, 0.15) is 11.9 Å². The fourth-order valence-electron chi connectivity index (χ4n) is 4.65. The molecule has 1 aliphatic heterocycles. The summed E-state index contributed by atoms with van der Waals surface area (Å²) in [6, 6.07) is 3.42. The molecule has 0 saturated carbocycles. The zero-order valence-electron chi connectivity index (χ0n) is 22.0. The molecule has 3 aromatic rings. The van der Waals surface area contributed by atoms with Crippen molar-refractivity contribution in [3.8, 4) is 11.3 Å². The van der Waals surface area contributed by atoms with Crippen LogP contribution in [0.4, 0.5) is 30.7 Å². The van der Waals surface area contributed by atoms with Crippen LogP contribution < -0.4 is 5.32 Å². The molecule has 2 aromatic heterocycles. The number of alkyl halides is 6. The Bertz CT molecular complexity index is 1550. The Morgan fingerprint density at radius 2 is 1.60 bits per heavy atom. The summed E-state index contributed by atoms with van der Waals surface area (Å²) >= 11 is 0. The number of benzene rings is 1. The second kappa shape index (κ2) is 11.6. The zero-order chi connectivity index (χ0) is 31.0. The van der Waals surface area contributed by atoms with Crippen molar-refractivity contribution in [3.05, 3.63) is 71.7 Å². The molecule has 1 aliphatic rings. The Morgan fingerprint density at radius 1 is 0.976 bits per heavy atom. The van der Waals surface area contributed by atoms with Crippen molar-refractivity contribution in [3.63, 3.8) is 0 Å². The number of aromatic nitrogens is 3. The van der Waals surface area contributed by atoms with Crippen LogP contribution in [-0.4, -0.2) is 51.8 Å². The summed E-state index contributed by atoms with van der Waals surface area (Å²) in [6.45, 7) is 2.89. The number of carbonyl (C=O) groups excluding carboxylic acids is 1. The highest BCUT2D eigenvalue weighted by Crippen LogP contribution is 2.35. The molecule has 1 amide bonds. The fraction of sp³-hybridized carbons (Fsp3) is 0.385. The van der Waals surface area contributed by atoms with Crippen LogP contribution >= 0.6 is 0 Å². The monoisotopic (exact) mass is 619 g/mol. The topological polar surface area (TPSA) is 105 Å². The second-order valence-electron chi connectivity index (χ2n) is 9.90. The smallest absolute Gasteiger partial charge is 0.351 e. The average molecular weight is 620 g/mol. The number of hydrogen-bond acceptors (Lipinski definition) is 6. The molecule has 0 radical (unpaired) electrons. The lowest BCUT2D eigenvalue weighted by molar-refractivity contribution is -0.145. The van der Waals surface area contributed by atoms with Crippen molar-refractivity contribution >= 4 is 15.9 Å². The number of amides is 1. The maximum absolute atomic E-state index is 13.4. The molecule has 3 atom stereocenters. The van der Waals surface area contributed by atoms with E-state index in [2.05, 4.69) is 20.3 Å². The quantitative estimate of drug-likeness (QED) is 0.377. The summed E-state index contributed by atoms with van der Waals surface area (Å²) in [5.41, 5.74) is -0.396. The third-order valence-corrected chi connectivity index (χ3v) is 8.96. The predicted octanol–water partition coefficient (Wildman–Crippen LogP) is 4.91. The Morgan fingerprint density at radius 3 is 2.17 bits per heavy atom. The summed E-state index contributed by atoms with van der Waals surface area (Å²) in [6.07, 6.45) is -8.19. The predicted molar refractivity (Wildman–Crippen MR) is 134 cm³/mol. The van der Waals surface area contributed by atoms with Gasteiger partial charge in [-0.25, -0.2) is 22.8 Å². The van der Waals surface area contributed by atoms with E-state index in [4.69, 9.17) is 0 Å². The van der Waals surface area contributed by atoms with E-state index in [0.717, 1.165) is 47.2 Å². The number of halogens is 7. The first-order valence-corrected chi connectivity index (χ1v) is 13.9. The molecule has 0 spiro atoms. The number of hydrogen-bond donors (Lipinski definition) is 1. The van der Waals surface area contributed by atoms with Crippen molar-refractivity contribution in [2.45, 2.75) is 62.6 Å². The van der Waals surface area contributed by atoms with Gasteiger partial charge in [0.15, 0.2) is 0 Å². The maximum Gasteiger partial charge on any atom is 0.451 e. The van der Waals surface area contributed by atoms with E-state index in [1.165, 1.54) is 6.07 Å². The zero-order valence-corrected chi connectivity index (χ0v) is 22.9. The van der Waals surface area contributed by atoms with E-state index >= 15 is 0 Å². The minimum absolute atomic E-state index is 0.0101. The third kappa shape index (κ3) is 6.86. The van der Waals surface area contributed by atoms with Crippen molar-refractivity contribution < 1.29 is 43.9 Å². The molecule has 0 bridgehead atoms. The highest BCUT2D eigenvalue weighted by Gasteiger charge is 2.47. The summed E-state index contributed by atoms with van der Waals surface area (Å²) in [7, 11) is -4.25. The summed E-state index contributed by atoms with van der Waals surface area (Å²) < 4.78 is 119. The van der Waals surface area contributed by atoms with Crippen LogP contribution in [0.25, 0.3) is 11.3 Å². The van der Waals surface area contributed by atoms with Crippen LogP contribution in [0.5, 0.6) is 0 Å². The van der Waals surface area contributed by atoms with E-state index in [0.29, 0.717) is 0 Å². The maximum atomic E-state index is 13.4. The van der Waals surface area contributed by atoms with E-state index in [1.54, 1.807) is 13.8 Å². The molecule has 226 valence electrons. The first kappa shape index (κ1) is 31.3. The third-order valence-electron chi connectivity index (χ3n) is 6.95. The number of carbonyl (C=O) groups is 1. The highest BCUT2D eigenvalue weighted by molar-refractivity contribution is 7.89. The van der Waals surface area contributed by atoms with Crippen molar-refractivity contribution in [1.29, 1.82) is 0 Å². The fourth-order valence-corrected chi connectivity index (χ4v) is 6.54. The van der Waals surface area contributed by atoms with Crippen molar-refractivity contribution in [1.82, 2.24) is 24.6 Å². The molecule has 1 N–H and O–H groups in total. The molecular formula is C26H24F7N5O3S. The van der Waals surface area contributed by atoms with Gasteiger partial charge in [0, 0.05) is 36.7 Å². The lowest BCUT2D eigenvalue weighted by Gasteiger charge is -2.27. The van der Waals surface area contributed by atoms with E-state index in [9.17, 15) is 43.9 Å². The lowest BCUT2D eigenvalue weighted by atomic mass is 10.0. The second-order valence-corrected chi connectivity index (χ2v) is 11.7. The van der Waals surface area contributed by atoms with Gasteiger partial charge in [-0.05, 0) is 60.7 Å². The minimum atomic E-state index is -4.80. The summed E-state index contributed by atoms with van der Waals surface area (Å²) in [5, 5.41) is 2.50. The van der Waals surface area contributed by atoms with Gasteiger partial charge in [0.2, 0.25) is 21.8 Å². The summed E-state index contributed by atoms with van der Waals surface area (Å²) in [5.74, 6) is -3.09. The first-order chi connectivity index (χ1) is 19.5. The van der Waals surface area contributed by atoms with Gasteiger partial charge in [0.25, 0.3) is 0 Å². The molecule has 1 aromatic carbocycles. The van der Waals surface area contributed by atoms with Crippen LogP contribution in [0.3, 0.4) is 0 Å².